The van der Waals surface area contributed by atoms with Gasteiger partial charge in [-0.1, -0.05) is 36.9 Å². The maximum Gasteiger partial charge on any atom is 0.238 e. The molecular formula is C28H31N5O4S. The number of fused-ring (bicyclic) bond motifs is 1. The highest BCUT2D eigenvalue weighted by molar-refractivity contribution is 7.89. The second kappa shape index (κ2) is 12.2. The standard InChI is InChI=1S/C28H31N5O4S/c1-3-5-6-8-20(4-2)25(19-33-13-15-37-16-14-33)28(34)30-22-11-12-26-24(18-22)27(32-31-26)21-9-7-10-23(17-21)38(29,35)36/h4-12,17-18,25H,1,13-16,19H2,2H3,(H,30,34)(H,31,32)(H2,29,35,36). The van der Waals surface area contributed by atoms with E-state index < -0.39 is 15.9 Å². The predicted molar refractivity (Wildman–Crippen MR) is 149 cm³/mol. The SMILES string of the molecule is C=C=CC=CC(=CC)C(CN1CCOCC1)C(=O)Nc1ccc2n[nH]c(-c3cccc(S(N)(=O)=O)c3)c2c1. The predicted octanol–water partition coefficient (Wildman–Crippen LogP) is 3.61. The topological polar surface area (TPSA) is 130 Å². The quantitative estimate of drug-likeness (QED) is 0.285. The average Bonchev–Trinajstić information content (AvgIpc) is 3.33. The summed E-state index contributed by atoms with van der Waals surface area (Å²) in [7, 11) is -3.86. The molecule has 3 aromatic rings. The van der Waals surface area contributed by atoms with Crippen molar-refractivity contribution in [2.24, 2.45) is 11.1 Å². The number of nitrogens with one attached hydrogen (secondary N) is 2. The van der Waals surface area contributed by atoms with E-state index >= 15 is 0 Å². The van der Waals surface area contributed by atoms with Gasteiger partial charge in [0.05, 0.1) is 35.2 Å². The average molecular weight is 534 g/mol. The summed E-state index contributed by atoms with van der Waals surface area (Å²) in [6.45, 7) is 8.85. The van der Waals surface area contributed by atoms with Crippen molar-refractivity contribution >= 4 is 32.5 Å². The molecule has 1 aromatic heterocycles. The summed E-state index contributed by atoms with van der Waals surface area (Å²) in [4.78, 5) is 15.9. The first-order chi connectivity index (χ1) is 18.3. The number of hydrogen-bond acceptors (Lipinski definition) is 6. The van der Waals surface area contributed by atoms with Crippen molar-refractivity contribution in [3.05, 3.63) is 84.7 Å². The number of hydrogen-bond donors (Lipinski definition) is 3. The molecule has 38 heavy (non-hydrogen) atoms. The third-order valence-corrected chi connectivity index (χ3v) is 7.28. The Morgan fingerprint density at radius 3 is 2.79 bits per heavy atom. The second-order valence-corrected chi connectivity index (χ2v) is 10.4. The molecule has 1 fully saturated rings. The van der Waals surface area contributed by atoms with Crippen LogP contribution in [0.2, 0.25) is 0 Å². The number of carbonyl (C=O) groups is 1. The molecular weight excluding hydrogens is 502 g/mol. The maximum absolute atomic E-state index is 13.6. The molecule has 0 spiro atoms. The molecule has 4 N–H and O–H groups in total. The number of sulfonamides is 1. The molecule has 9 nitrogen and oxygen atoms in total. The van der Waals surface area contributed by atoms with Crippen LogP contribution in [0, 0.1) is 5.92 Å². The van der Waals surface area contributed by atoms with E-state index in [0.29, 0.717) is 42.2 Å². The highest BCUT2D eigenvalue weighted by Crippen LogP contribution is 2.30. The Kier molecular flexibility index (Phi) is 8.73. The van der Waals surface area contributed by atoms with E-state index in [2.05, 4.69) is 32.7 Å². The van der Waals surface area contributed by atoms with E-state index in [9.17, 15) is 13.2 Å². The zero-order valence-corrected chi connectivity index (χ0v) is 22.0. The minimum absolute atomic E-state index is 0.00592. The Labute approximate surface area is 222 Å². The number of anilines is 1. The molecule has 10 heteroatoms. The largest absolute Gasteiger partial charge is 0.379 e. The van der Waals surface area contributed by atoms with Crippen molar-refractivity contribution in [3.63, 3.8) is 0 Å². The lowest BCUT2D eigenvalue weighted by atomic mass is 9.95. The van der Waals surface area contributed by atoms with Crippen molar-refractivity contribution in [1.82, 2.24) is 15.1 Å². The molecule has 0 radical (unpaired) electrons. The number of aromatic amines is 1. The summed E-state index contributed by atoms with van der Waals surface area (Å²) in [6.07, 6.45) is 7.36. The van der Waals surface area contributed by atoms with Crippen LogP contribution in [0.25, 0.3) is 22.2 Å². The van der Waals surface area contributed by atoms with Crippen LogP contribution in [-0.4, -0.2) is 62.3 Å². The van der Waals surface area contributed by atoms with Gasteiger partial charge in [0.1, 0.15) is 0 Å². The Morgan fingerprint density at radius 2 is 2.08 bits per heavy atom. The Balaban J connectivity index is 1.64. The van der Waals surface area contributed by atoms with Crippen molar-refractivity contribution in [2.75, 3.05) is 38.2 Å². The van der Waals surface area contributed by atoms with E-state index in [1.165, 1.54) is 12.1 Å². The highest BCUT2D eigenvalue weighted by Gasteiger charge is 2.25. The van der Waals surface area contributed by atoms with Crippen LogP contribution in [0.4, 0.5) is 5.69 Å². The smallest absolute Gasteiger partial charge is 0.238 e. The van der Waals surface area contributed by atoms with E-state index in [1.807, 2.05) is 31.2 Å². The number of aromatic nitrogens is 2. The number of rotatable bonds is 9. The van der Waals surface area contributed by atoms with Gasteiger partial charge >= 0.3 is 0 Å². The van der Waals surface area contributed by atoms with Gasteiger partial charge < -0.3 is 10.1 Å². The number of ether oxygens (including phenoxy) is 1. The van der Waals surface area contributed by atoms with Crippen molar-refractivity contribution in [1.29, 1.82) is 0 Å². The van der Waals surface area contributed by atoms with Crippen molar-refractivity contribution < 1.29 is 17.9 Å². The van der Waals surface area contributed by atoms with E-state index in [-0.39, 0.29) is 10.8 Å². The summed E-state index contributed by atoms with van der Waals surface area (Å²) < 4.78 is 29.1. The normalized spacial score (nSPS) is 15.9. The molecule has 1 unspecified atom stereocenters. The Bertz CT molecular complexity index is 1530. The van der Waals surface area contributed by atoms with E-state index in [4.69, 9.17) is 9.88 Å². The lowest BCUT2D eigenvalue weighted by molar-refractivity contribution is -0.119. The molecule has 2 aromatic carbocycles. The van der Waals surface area contributed by atoms with Gasteiger partial charge in [0.25, 0.3) is 0 Å². The number of morpholine rings is 1. The summed E-state index contributed by atoms with van der Waals surface area (Å²) in [5.41, 5.74) is 6.12. The molecule has 1 atom stereocenters. The maximum atomic E-state index is 13.6. The fraction of sp³-hybridized carbons (Fsp3) is 0.250. The zero-order valence-electron chi connectivity index (χ0n) is 21.2. The molecule has 1 saturated heterocycles. The molecule has 2 heterocycles. The molecule has 0 bridgehead atoms. The summed E-state index contributed by atoms with van der Waals surface area (Å²) in [6, 6.07) is 11.8. The zero-order chi connectivity index (χ0) is 27.1. The number of carbonyl (C=O) groups excluding carboxylic acids is 1. The molecule has 0 saturated carbocycles. The fourth-order valence-corrected chi connectivity index (χ4v) is 4.95. The highest BCUT2D eigenvalue weighted by atomic mass is 32.2. The van der Waals surface area contributed by atoms with Crippen LogP contribution in [0.1, 0.15) is 6.92 Å². The minimum Gasteiger partial charge on any atom is -0.379 e. The van der Waals surface area contributed by atoms with Gasteiger partial charge in [0.15, 0.2) is 0 Å². The monoisotopic (exact) mass is 533 g/mol. The first kappa shape index (κ1) is 27.3. The summed E-state index contributed by atoms with van der Waals surface area (Å²) in [5, 5.41) is 16.4. The molecule has 1 amide bonds. The van der Waals surface area contributed by atoms with Crippen molar-refractivity contribution in [2.45, 2.75) is 11.8 Å². The summed E-state index contributed by atoms with van der Waals surface area (Å²) in [5.74, 6) is -0.559. The molecule has 4 rings (SSSR count). The second-order valence-electron chi connectivity index (χ2n) is 8.88. The van der Waals surface area contributed by atoms with Gasteiger partial charge in [-0.25, -0.2) is 13.6 Å². The van der Waals surface area contributed by atoms with E-state index in [0.717, 1.165) is 24.0 Å². The molecule has 1 aliphatic heterocycles. The van der Waals surface area contributed by atoms with Gasteiger partial charge in [-0.2, -0.15) is 5.10 Å². The number of nitrogens with zero attached hydrogens (tertiary/aromatic N) is 2. The van der Waals surface area contributed by atoms with Gasteiger partial charge in [-0.15, -0.1) is 5.73 Å². The molecule has 0 aliphatic carbocycles. The third kappa shape index (κ3) is 6.55. The third-order valence-electron chi connectivity index (χ3n) is 6.37. The molecule has 1 aliphatic rings. The number of H-pyrrole nitrogens is 1. The van der Waals surface area contributed by atoms with Crippen LogP contribution in [0.5, 0.6) is 0 Å². The van der Waals surface area contributed by atoms with Crippen LogP contribution < -0.4 is 10.5 Å². The number of allylic oxidation sites excluding steroid dienone is 4. The lowest BCUT2D eigenvalue weighted by Gasteiger charge is -2.30. The van der Waals surface area contributed by atoms with Gasteiger partial charge in [-0.3, -0.25) is 14.8 Å². The van der Waals surface area contributed by atoms with E-state index in [1.54, 1.807) is 30.3 Å². The van der Waals surface area contributed by atoms with Gasteiger partial charge in [0, 0.05) is 36.3 Å². The van der Waals surface area contributed by atoms with Gasteiger partial charge in [0.2, 0.25) is 15.9 Å². The van der Waals surface area contributed by atoms with Crippen LogP contribution in [0.3, 0.4) is 0 Å². The minimum atomic E-state index is -3.86. The first-order valence-corrected chi connectivity index (χ1v) is 13.8. The number of benzene rings is 2. The fourth-order valence-electron chi connectivity index (χ4n) is 4.39. The first-order valence-electron chi connectivity index (χ1n) is 12.2. The van der Waals surface area contributed by atoms with Crippen LogP contribution >= 0.6 is 0 Å². The molecule has 198 valence electrons. The number of amides is 1. The Morgan fingerprint density at radius 1 is 1.29 bits per heavy atom. The van der Waals surface area contributed by atoms with Crippen LogP contribution in [0.15, 0.2) is 89.5 Å². The van der Waals surface area contributed by atoms with Gasteiger partial charge in [-0.05, 0) is 48.9 Å². The summed E-state index contributed by atoms with van der Waals surface area (Å²) >= 11 is 0. The van der Waals surface area contributed by atoms with Crippen LogP contribution in [-0.2, 0) is 19.6 Å². The Hall–Kier alpha value is -3.79. The van der Waals surface area contributed by atoms with Crippen molar-refractivity contribution in [3.8, 4) is 11.3 Å². The number of nitrogens with two attached hydrogens (primary N) is 1. The lowest BCUT2D eigenvalue weighted by Crippen LogP contribution is -2.42. The number of primary sulfonamides is 1.